The van der Waals surface area contributed by atoms with Gasteiger partial charge in [-0.1, -0.05) is 24.1 Å². The number of H-pyrrole nitrogens is 1. The molecule has 2 aromatic carbocycles. The van der Waals surface area contributed by atoms with E-state index in [4.69, 9.17) is 25.8 Å². The lowest BCUT2D eigenvalue weighted by molar-refractivity contribution is 0.0856. The van der Waals surface area contributed by atoms with Crippen molar-refractivity contribution in [3.8, 4) is 17.2 Å². The van der Waals surface area contributed by atoms with Gasteiger partial charge in [-0.2, -0.15) is 5.21 Å². The van der Waals surface area contributed by atoms with Gasteiger partial charge >= 0.3 is 0 Å². The SMILES string of the molecule is O=C(Nc1cccc2c1OC(c1nn[nH]n1)CO2)c1ccc(OCCCCCCCl)cc1. The van der Waals surface area contributed by atoms with Crippen molar-refractivity contribution in [3.63, 3.8) is 0 Å². The Kier molecular flexibility index (Phi) is 7.39. The summed E-state index contributed by atoms with van der Waals surface area (Å²) in [5.74, 6) is 2.51. The Hall–Kier alpha value is -3.33. The number of aromatic nitrogens is 4. The molecule has 2 N–H and O–H groups in total. The number of carbonyl (C=O) groups is 1. The molecule has 32 heavy (non-hydrogen) atoms. The number of para-hydroxylation sites is 1. The van der Waals surface area contributed by atoms with Crippen LogP contribution in [0.15, 0.2) is 42.5 Å². The Morgan fingerprint density at radius 3 is 2.78 bits per heavy atom. The van der Waals surface area contributed by atoms with E-state index < -0.39 is 6.10 Å². The molecule has 0 fully saturated rings. The van der Waals surface area contributed by atoms with Gasteiger partial charge in [-0.3, -0.25) is 4.79 Å². The molecule has 9 nitrogen and oxygen atoms in total. The van der Waals surface area contributed by atoms with Crippen LogP contribution in [0.25, 0.3) is 0 Å². The van der Waals surface area contributed by atoms with Crippen LogP contribution in [0.2, 0.25) is 0 Å². The van der Waals surface area contributed by atoms with Crippen LogP contribution in [0.5, 0.6) is 17.2 Å². The second kappa shape index (κ2) is 10.8. The summed E-state index contributed by atoms with van der Waals surface area (Å²) in [6.07, 6.45) is 3.69. The van der Waals surface area contributed by atoms with Crippen LogP contribution < -0.4 is 19.5 Å². The first kappa shape index (κ1) is 21.9. The van der Waals surface area contributed by atoms with Gasteiger partial charge in [0.05, 0.1) is 12.3 Å². The maximum absolute atomic E-state index is 12.8. The van der Waals surface area contributed by atoms with Crippen LogP contribution in [0.3, 0.4) is 0 Å². The van der Waals surface area contributed by atoms with Crippen LogP contribution in [0.4, 0.5) is 5.69 Å². The van der Waals surface area contributed by atoms with Gasteiger partial charge in [0.15, 0.2) is 17.6 Å². The minimum Gasteiger partial charge on any atom is -0.494 e. The third-order valence-electron chi connectivity index (χ3n) is 4.94. The molecule has 0 aliphatic carbocycles. The second-order valence-corrected chi connectivity index (χ2v) is 7.63. The molecular formula is C22H24ClN5O4. The predicted molar refractivity (Wildman–Crippen MR) is 119 cm³/mol. The molecule has 2 heterocycles. The lowest BCUT2D eigenvalue weighted by atomic mass is 10.2. The molecule has 0 saturated heterocycles. The molecule has 0 saturated carbocycles. The summed E-state index contributed by atoms with van der Waals surface area (Å²) < 4.78 is 17.5. The molecular weight excluding hydrogens is 434 g/mol. The van der Waals surface area contributed by atoms with Crippen LogP contribution in [-0.4, -0.2) is 45.6 Å². The Morgan fingerprint density at radius 1 is 1.16 bits per heavy atom. The molecule has 0 spiro atoms. The largest absolute Gasteiger partial charge is 0.494 e. The summed E-state index contributed by atoms with van der Waals surface area (Å²) in [5.41, 5.74) is 1.00. The van der Waals surface area contributed by atoms with Crippen LogP contribution in [0, 0.1) is 0 Å². The van der Waals surface area contributed by atoms with Crippen molar-refractivity contribution in [1.82, 2.24) is 20.6 Å². The number of aromatic amines is 1. The molecule has 1 aliphatic rings. The fourth-order valence-corrected chi connectivity index (χ4v) is 3.45. The molecule has 1 aromatic heterocycles. The quantitative estimate of drug-likeness (QED) is 0.347. The Bertz CT molecular complexity index is 1010. The minimum atomic E-state index is -0.523. The lowest BCUT2D eigenvalue weighted by Gasteiger charge is -2.26. The smallest absolute Gasteiger partial charge is 0.255 e. The molecule has 4 rings (SSSR count). The molecule has 10 heteroatoms. The van der Waals surface area contributed by atoms with E-state index in [0.717, 1.165) is 31.4 Å². The number of anilines is 1. The van der Waals surface area contributed by atoms with E-state index in [2.05, 4.69) is 25.9 Å². The first-order chi connectivity index (χ1) is 15.7. The van der Waals surface area contributed by atoms with E-state index in [9.17, 15) is 4.79 Å². The van der Waals surface area contributed by atoms with Crippen LogP contribution >= 0.6 is 11.6 Å². The Balaban J connectivity index is 1.35. The highest BCUT2D eigenvalue weighted by atomic mass is 35.5. The summed E-state index contributed by atoms with van der Waals surface area (Å²) in [4.78, 5) is 12.8. The van der Waals surface area contributed by atoms with Gasteiger partial charge in [0.1, 0.15) is 12.4 Å². The molecule has 1 unspecified atom stereocenters. The standard InChI is InChI=1S/C22H24ClN5O4/c23-12-3-1-2-4-13-30-16-10-8-15(9-11-16)22(29)24-17-6-5-7-18-20(17)32-19(14-31-18)21-25-27-28-26-21/h5-11,19H,1-4,12-14H2,(H,24,29)(H,25,26,27,28). The number of alkyl halides is 1. The number of unbranched alkanes of at least 4 members (excludes halogenated alkanes) is 3. The molecule has 1 amide bonds. The third-order valence-corrected chi connectivity index (χ3v) is 5.21. The second-order valence-electron chi connectivity index (χ2n) is 7.25. The fourth-order valence-electron chi connectivity index (χ4n) is 3.26. The van der Waals surface area contributed by atoms with Gasteiger partial charge < -0.3 is 19.5 Å². The topological polar surface area (TPSA) is 111 Å². The summed E-state index contributed by atoms with van der Waals surface area (Å²) in [6, 6.07) is 12.4. The maximum atomic E-state index is 12.8. The van der Waals surface area contributed by atoms with Crippen molar-refractivity contribution in [1.29, 1.82) is 0 Å². The molecule has 3 aromatic rings. The number of benzene rings is 2. The zero-order chi connectivity index (χ0) is 22.2. The zero-order valence-electron chi connectivity index (χ0n) is 17.4. The van der Waals surface area contributed by atoms with E-state index in [1.54, 1.807) is 42.5 Å². The van der Waals surface area contributed by atoms with E-state index in [0.29, 0.717) is 41.1 Å². The molecule has 1 aliphatic heterocycles. The number of rotatable bonds is 10. The highest BCUT2D eigenvalue weighted by molar-refractivity contribution is 6.17. The van der Waals surface area contributed by atoms with Crippen molar-refractivity contribution >= 4 is 23.2 Å². The van der Waals surface area contributed by atoms with Crippen LogP contribution in [-0.2, 0) is 0 Å². The molecule has 0 radical (unpaired) electrons. The highest BCUT2D eigenvalue weighted by Crippen LogP contribution is 2.41. The van der Waals surface area contributed by atoms with Gasteiger partial charge in [0, 0.05) is 11.4 Å². The van der Waals surface area contributed by atoms with Gasteiger partial charge in [0.2, 0.25) is 5.82 Å². The van der Waals surface area contributed by atoms with Gasteiger partial charge in [-0.05, 0) is 49.2 Å². The van der Waals surface area contributed by atoms with E-state index >= 15 is 0 Å². The number of ether oxygens (including phenoxy) is 3. The van der Waals surface area contributed by atoms with Crippen molar-refractivity contribution in [3.05, 3.63) is 53.9 Å². The number of hydrogen-bond acceptors (Lipinski definition) is 7. The summed E-state index contributed by atoms with van der Waals surface area (Å²) in [5, 5.41) is 16.7. The number of fused-ring (bicyclic) bond motifs is 1. The van der Waals surface area contributed by atoms with Gasteiger partial charge in [-0.15, -0.1) is 21.8 Å². The summed E-state index contributed by atoms with van der Waals surface area (Å²) in [6.45, 7) is 0.890. The average molecular weight is 458 g/mol. The monoisotopic (exact) mass is 457 g/mol. The molecule has 168 valence electrons. The van der Waals surface area contributed by atoms with Gasteiger partial charge in [-0.25, -0.2) is 0 Å². The van der Waals surface area contributed by atoms with Crippen LogP contribution in [0.1, 0.15) is 48.0 Å². The average Bonchev–Trinajstić information content (AvgIpc) is 3.37. The van der Waals surface area contributed by atoms with Crippen molar-refractivity contribution in [2.24, 2.45) is 0 Å². The number of hydrogen-bond donors (Lipinski definition) is 2. The van der Waals surface area contributed by atoms with Crippen molar-refractivity contribution in [2.75, 3.05) is 24.4 Å². The third kappa shape index (κ3) is 5.47. The predicted octanol–water partition coefficient (Wildman–Crippen LogP) is 4.14. The molecule has 1 atom stereocenters. The fraction of sp³-hybridized carbons (Fsp3) is 0.364. The number of carbonyl (C=O) groups excluding carboxylic acids is 1. The van der Waals surface area contributed by atoms with Crippen molar-refractivity contribution in [2.45, 2.75) is 31.8 Å². The van der Waals surface area contributed by atoms with Gasteiger partial charge in [0.25, 0.3) is 5.91 Å². The maximum Gasteiger partial charge on any atom is 0.255 e. The normalized spacial score (nSPS) is 14.7. The van der Waals surface area contributed by atoms with Crippen molar-refractivity contribution < 1.29 is 19.0 Å². The lowest BCUT2D eigenvalue weighted by Crippen LogP contribution is -2.24. The number of amides is 1. The highest BCUT2D eigenvalue weighted by Gasteiger charge is 2.28. The molecule has 0 bridgehead atoms. The first-order valence-corrected chi connectivity index (χ1v) is 11.0. The number of nitrogens with one attached hydrogen (secondary N) is 2. The van der Waals surface area contributed by atoms with E-state index in [1.165, 1.54) is 0 Å². The first-order valence-electron chi connectivity index (χ1n) is 10.5. The summed E-state index contributed by atoms with van der Waals surface area (Å²) in [7, 11) is 0. The Morgan fingerprint density at radius 2 is 2.00 bits per heavy atom. The number of halogens is 1. The van der Waals surface area contributed by atoms with E-state index in [-0.39, 0.29) is 12.5 Å². The number of tetrazole rings is 1. The zero-order valence-corrected chi connectivity index (χ0v) is 18.2. The Labute approximate surface area is 190 Å². The van der Waals surface area contributed by atoms with E-state index in [1.807, 2.05) is 0 Å². The number of nitrogens with zero attached hydrogens (tertiary/aromatic N) is 3. The minimum absolute atomic E-state index is 0.248. The summed E-state index contributed by atoms with van der Waals surface area (Å²) >= 11 is 5.68.